The lowest BCUT2D eigenvalue weighted by molar-refractivity contribution is -0.122. The van der Waals surface area contributed by atoms with Gasteiger partial charge in [-0.15, -0.1) is 6.58 Å². The van der Waals surface area contributed by atoms with E-state index in [1.807, 2.05) is 6.92 Å². The van der Waals surface area contributed by atoms with Crippen molar-refractivity contribution in [1.82, 2.24) is 15.1 Å². The molecule has 0 spiro atoms. The van der Waals surface area contributed by atoms with Crippen LogP contribution in [-0.2, 0) is 4.79 Å². The van der Waals surface area contributed by atoms with Crippen LogP contribution in [0.25, 0.3) is 0 Å². The monoisotopic (exact) mass is 323 g/mol. The van der Waals surface area contributed by atoms with Crippen LogP contribution >= 0.6 is 0 Å². The van der Waals surface area contributed by atoms with E-state index in [1.165, 1.54) is 12.1 Å². The molecule has 0 bridgehead atoms. The largest absolute Gasteiger partial charge is 0.352 e. The zero-order chi connectivity index (χ0) is 16.8. The minimum Gasteiger partial charge on any atom is -0.352 e. The lowest BCUT2D eigenvalue weighted by atomic mass is 10.1. The summed E-state index contributed by atoms with van der Waals surface area (Å²) in [6, 6.07) is 3.60. The molecule has 0 aromatic heterocycles. The molecule has 1 aliphatic heterocycles. The number of hydrogen-bond donors (Lipinski definition) is 1. The smallest absolute Gasteiger partial charge is 0.234 e. The summed E-state index contributed by atoms with van der Waals surface area (Å²) in [7, 11) is 0. The van der Waals surface area contributed by atoms with Crippen molar-refractivity contribution in [3.63, 3.8) is 0 Å². The van der Waals surface area contributed by atoms with Crippen molar-refractivity contribution in [1.29, 1.82) is 0 Å². The summed E-state index contributed by atoms with van der Waals surface area (Å²) >= 11 is 0. The molecule has 1 amide bonds. The van der Waals surface area contributed by atoms with Crippen LogP contribution in [0, 0.1) is 11.6 Å². The molecule has 0 radical (unpaired) electrons. The predicted molar refractivity (Wildman–Crippen MR) is 86.0 cm³/mol. The standard InChI is InChI=1S/C17H23F2N3O/c1-3-6-20-17(23)12-21-7-9-22(10-8-21)13(2)15-5-4-14(18)11-16(15)19/h3-5,11,13H,1,6-10,12H2,2H3,(H,20,23). The molecule has 23 heavy (non-hydrogen) atoms. The Hall–Kier alpha value is -1.79. The summed E-state index contributed by atoms with van der Waals surface area (Å²) in [5.41, 5.74) is 0.503. The van der Waals surface area contributed by atoms with Crippen LogP contribution in [0.1, 0.15) is 18.5 Å². The first-order valence-corrected chi connectivity index (χ1v) is 7.80. The number of carbonyl (C=O) groups excluding carboxylic acids is 1. The fourth-order valence-electron chi connectivity index (χ4n) is 2.79. The molecular weight excluding hydrogens is 300 g/mol. The quantitative estimate of drug-likeness (QED) is 0.813. The number of nitrogens with one attached hydrogen (secondary N) is 1. The molecule has 1 unspecified atom stereocenters. The number of carbonyl (C=O) groups is 1. The van der Waals surface area contributed by atoms with E-state index in [-0.39, 0.29) is 11.9 Å². The molecule has 1 saturated heterocycles. The summed E-state index contributed by atoms with van der Waals surface area (Å²) in [4.78, 5) is 15.9. The van der Waals surface area contributed by atoms with Gasteiger partial charge >= 0.3 is 0 Å². The molecule has 1 N–H and O–H groups in total. The van der Waals surface area contributed by atoms with Crippen molar-refractivity contribution in [2.24, 2.45) is 0 Å². The third kappa shape index (κ3) is 4.84. The van der Waals surface area contributed by atoms with Gasteiger partial charge in [0.05, 0.1) is 6.54 Å². The minimum absolute atomic E-state index is 0.0176. The van der Waals surface area contributed by atoms with E-state index < -0.39 is 11.6 Å². The van der Waals surface area contributed by atoms with Gasteiger partial charge in [0.15, 0.2) is 0 Å². The topological polar surface area (TPSA) is 35.6 Å². The SMILES string of the molecule is C=CCNC(=O)CN1CCN(C(C)c2ccc(F)cc2F)CC1. The van der Waals surface area contributed by atoms with Crippen LogP contribution < -0.4 is 5.32 Å². The lowest BCUT2D eigenvalue weighted by Gasteiger charge is -2.38. The highest BCUT2D eigenvalue weighted by Crippen LogP contribution is 2.24. The van der Waals surface area contributed by atoms with Gasteiger partial charge in [-0.05, 0) is 13.0 Å². The van der Waals surface area contributed by atoms with Crippen molar-refractivity contribution < 1.29 is 13.6 Å². The summed E-state index contributed by atoms with van der Waals surface area (Å²) < 4.78 is 26.9. The fourth-order valence-corrected chi connectivity index (χ4v) is 2.79. The first-order chi connectivity index (χ1) is 11.0. The van der Waals surface area contributed by atoms with Crippen molar-refractivity contribution in [3.05, 3.63) is 48.1 Å². The van der Waals surface area contributed by atoms with E-state index in [0.717, 1.165) is 32.2 Å². The van der Waals surface area contributed by atoms with E-state index in [0.29, 0.717) is 18.7 Å². The lowest BCUT2D eigenvalue weighted by Crippen LogP contribution is -2.50. The van der Waals surface area contributed by atoms with Gasteiger partial charge in [-0.2, -0.15) is 0 Å². The number of hydrogen-bond acceptors (Lipinski definition) is 3. The molecule has 2 rings (SSSR count). The zero-order valence-electron chi connectivity index (χ0n) is 13.4. The summed E-state index contributed by atoms with van der Waals surface area (Å²) in [6.45, 7) is 9.29. The number of nitrogens with zero attached hydrogens (tertiary/aromatic N) is 2. The van der Waals surface area contributed by atoms with Gasteiger partial charge in [-0.25, -0.2) is 8.78 Å². The van der Waals surface area contributed by atoms with Gasteiger partial charge in [0.2, 0.25) is 5.91 Å². The maximum atomic E-state index is 13.9. The number of piperazine rings is 1. The Kier molecular flexibility index (Phi) is 6.24. The molecule has 0 saturated carbocycles. The molecule has 1 heterocycles. The van der Waals surface area contributed by atoms with Crippen LogP contribution in [-0.4, -0.2) is 55.0 Å². The van der Waals surface area contributed by atoms with Crippen LogP contribution in [0.2, 0.25) is 0 Å². The van der Waals surface area contributed by atoms with Gasteiger partial charge < -0.3 is 5.32 Å². The van der Waals surface area contributed by atoms with Gasteiger partial charge in [0.25, 0.3) is 0 Å². The Morgan fingerprint density at radius 3 is 2.65 bits per heavy atom. The average Bonchev–Trinajstić information content (AvgIpc) is 2.53. The molecule has 1 aromatic rings. The van der Waals surface area contributed by atoms with Crippen LogP contribution in [0.5, 0.6) is 0 Å². The molecule has 126 valence electrons. The van der Waals surface area contributed by atoms with Crippen molar-refractivity contribution in [2.45, 2.75) is 13.0 Å². The summed E-state index contributed by atoms with van der Waals surface area (Å²) in [5.74, 6) is -1.09. The molecule has 1 atom stereocenters. The highest BCUT2D eigenvalue weighted by Gasteiger charge is 2.24. The first-order valence-electron chi connectivity index (χ1n) is 7.80. The maximum Gasteiger partial charge on any atom is 0.234 e. The van der Waals surface area contributed by atoms with E-state index in [2.05, 4.69) is 21.7 Å². The normalized spacial score (nSPS) is 17.7. The van der Waals surface area contributed by atoms with Gasteiger partial charge in [-0.1, -0.05) is 12.1 Å². The Morgan fingerprint density at radius 1 is 1.35 bits per heavy atom. The summed E-state index contributed by atoms with van der Waals surface area (Å²) in [5, 5.41) is 2.75. The maximum absolute atomic E-state index is 13.9. The average molecular weight is 323 g/mol. The van der Waals surface area contributed by atoms with Crippen LogP contribution in [0.3, 0.4) is 0 Å². The molecule has 1 aliphatic rings. The first kappa shape index (κ1) is 17.6. The zero-order valence-corrected chi connectivity index (χ0v) is 13.4. The number of rotatable bonds is 6. The van der Waals surface area contributed by atoms with Crippen LogP contribution in [0.15, 0.2) is 30.9 Å². The molecule has 1 fully saturated rings. The van der Waals surface area contributed by atoms with Crippen molar-refractivity contribution in [2.75, 3.05) is 39.3 Å². The van der Waals surface area contributed by atoms with E-state index in [1.54, 1.807) is 6.08 Å². The van der Waals surface area contributed by atoms with Gasteiger partial charge in [0.1, 0.15) is 11.6 Å². The third-order valence-electron chi connectivity index (χ3n) is 4.18. The molecule has 0 aliphatic carbocycles. The number of amides is 1. The molecule has 1 aromatic carbocycles. The minimum atomic E-state index is -0.561. The molecule has 6 heteroatoms. The molecular formula is C17H23F2N3O. The Balaban J connectivity index is 1.86. The second kappa shape index (κ2) is 8.17. The number of benzene rings is 1. The highest BCUT2D eigenvalue weighted by atomic mass is 19.1. The Morgan fingerprint density at radius 2 is 2.04 bits per heavy atom. The third-order valence-corrected chi connectivity index (χ3v) is 4.18. The van der Waals surface area contributed by atoms with E-state index in [4.69, 9.17) is 0 Å². The Labute approximate surface area is 135 Å². The second-order valence-corrected chi connectivity index (χ2v) is 5.75. The summed E-state index contributed by atoms with van der Waals surface area (Å²) in [6.07, 6.45) is 1.65. The Bertz CT molecular complexity index is 557. The predicted octanol–water partition coefficient (Wildman–Crippen LogP) is 1.95. The van der Waals surface area contributed by atoms with Crippen molar-refractivity contribution in [3.8, 4) is 0 Å². The number of halogens is 2. The molecule has 4 nitrogen and oxygen atoms in total. The van der Waals surface area contributed by atoms with Gasteiger partial charge in [0, 0.05) is 50.4 Å². The van der Waals surface area contributed by atoms with Crippen LogP contribution in [0.4, 0.5) is 8.78 Å². The van der Waals surface area contributed by atoms with E-state index in [9.17, 15) is 13.6 Å². The highest BCUT2D eigenvalue weighted by molar-refractivity contribution is 5.78. The second-order valence-electron chi connectivity index (χ2n) is 5.75. The van der Waals surface area contributed by atoms with E-state index >= 15 is 0 Å². The van der Waals surface area contributed by atoms with Gasteiger partial charge in [-0.3, -0.25) is 14.6 Å². The van der Waals surface area contributed by atoms with Crippen molar-refractivity contribution >= 4 is 5.91 Å². The fraction of sp³-hybridized carbons (Fsp3) is 0.471.